The Hall–Kier alpha value is -1.48. The molecule has 1 saturated carbocycles. The Morgan fingerprint density at radius 3 is 2.64 bits per heavy atom. The minimum Gasteiger partial charge on any atom is -0.375 e. The monoisotopic (exact) mass is 425 g/mol. The van der Waals surface area contributed by atoms with E-state index in [1.54, 1.807) is 31.4 Å². The first kappa shape index (κ1) is 19.8. The van der Waals surface area contributed by atoms with Crippen LogP contribution in [0.5, 0.6) is 0 Å². The molecular formula is C19H24ClN3O4S. The number of hydrogen-bond acceptors (Lipinski definition) is 6. The molecule has 2 heterocycles. The zero-order valence-electron chi connectivity index (χ0n) is 15.8. The molecule has 1 saturated heterocycles. The van der Waals surface area contributed by atoms with Crippen LogP contribution in [-0.2, 0) is 26.8 Å². The Labute approximate surface area is 170 Å². The molecule has 2 aliphatic rings. The van der Waals surface area contributed by atoms with Crippen molar-refractivity contribution in [3.63, 3.8) is 0 Å². The van der Waals surface area contributed by atoms with E-state index in [4.69, 9.17) is 20.9 Å². The predicted octanol–water partition coefficient (Wildman–Crippen LogP) is 3.39. The van der Waals surface area contributed by atoms with Crippen molar-refractivity contribution in [3.05, 3.63) is 41.0 Å². The highest BCUT2D eigenvalue weighted by molar-refractivity contribution is 7.89. The minimum absolute atomic E-state index is 0.160. The van der Waals surface area contributed by atoms with Gasteiger partial charge in [-0.1, -0.05) is 41.7 Å². The summed E-state index contributed by atoms with van der Waals surface area (Å²) in [5.74, 6) is 1.80. The molecule has 0 unspecified atom stereocenters. The van der Waals surface area contributed by atoms with Crippen molar-refractivity contribution in [2.45, 2.75) is 49.0 Å². The number of nitrogens with zero attached hydrogens (tertiary/aromatic N) is 3. The fourth-order valence-corrected chi connectivity index (χ4v) is 5.93. The van der Waals surface area contributed by atoms with E-state index in [0.29, 0.717) is 43.6 Å². The minimum atomic E-state index is -3.62. The molecule has 1 aliphatic heterocycles. The summed E-state index contributed by atoms with van der Waals surface area (Å²) in [5.41, 5.74) is -0.247. The lowest BCUT2D eigenvalue weighted by Crippen LogP contribution is -2.46. The van der Waals surface area contributed by atoms with Crippen LogP contribution < -0.4 is 0 Å². The molecule has 0 atom stereocenters. The number of rotatable bonds is 7. The number of benzene rings is 1. The third-order valence-electron chi connectivity index (χ3n) is 5.72. The number of sulfonamides is 1. The molecule has 0 bridgehead atoms. The summed E-state index contributed by atoms with van der Waals surface area (Å²) in [7, 11) is -2.04. The second kappa shape index (κ2) is 7.74. The maximum atomic E-state index is 13.1. The average molecular weight is 426 g/mol. The summed E-state index contributed by atoms with van der Waals surface area (Å²) in [6.07, 6.45) is 4.73. The van der Waals surface area contributed by atoms with Crippen molar-refractivity contribution < 1.29 is 17.7 Å². The molecule has 1 aromatic heterocycles. The van der Waals surface area contributed by atoms with Gasteiger partial charge >= 0.3 is 0 Å². The van der Waals surface area contributed by atoms with Crippen molar-refractivity contribution in [1.29, 1.82) is 0 Å². The van der Waals surface area contributed by atoms with Gasteiger partial charge in [-0.3, -0.25) is 0 Å². The van der Waals surface area contributed by atoms with Gasteiger partial charge in [0.1, 0.15) is 11.5 Å². The highest BCUT2D eigenvalue weighted by atomic mass is 35.5. The van der Waals surface area contributed by atoms with Gasteiger partial charge in [0.15, 0.2) is 5.82 Å². The van der Waals surface area contributed by atoms with Gasteiger partial charge in [0.05, 0.1) is 5.02 Å². The maximum Gasteiger partial charge on any atom is 0.252 e. The Bertz CT molecular complexity index is 934. The van der Waals surface area contributed by atoms with E-state index in [9.17, 15) is 8.42 Å². The zero-order valence-corrected chi connectivity index (χ0v) is 17.4. The van der Waals surface area contributed by atoms with Crippen LogP contribution in [0.15, 0.2) is 33.7 Å². The highest BCUT2D eigenvalue weighted by Crippen LogP contribution is 2.47. The van der Waals surface area contributed by atoms with Crippen molar-refractivity contribution in [1.82, 2.24) is 14.4 Å². The standard InChI is InChI=1S/C19H24ClN3O4S/c1-26-13-17-21-18(22-27-17)19(12-14-6-7-14)8-10-23(11-9-19)28(24,25)16-5-3-2-4-15(16)20/h2-5,14H,6-13H2,1H3. The molecule has 0 radical (unpaired) electrons. The van der Waals surface area contributed by atoms with Crippen LogP contribution in [0.1, 0.15) is 43.8 Å². The normalized spacial score (nSPS) is 20.4. The summed E-state index contributed by atoms with van der Waals surface area (Å²) < 4.78 is 38.0. The number of ether oxygens (including phenoxy) is 1. The van der Waals surface area contributed by atoms with Gasteiger partial charge in [-0.2, -0.15) is 9.29 Å². The smallest absolute Gasteiger partial charge is 0.252 e. The number of aromatic nitrogens is 2. The van der Waals surface area contributed by atoms with Crippen LogP contribution in [-0.4, -0.2) is 43.1 Å². The predicted molar refractivity (Wildman–Crippen MR) is 103 cm³/mol. The second-order valence-electron chi connectivity index (χ2n) is 7.71. The summed E-state index contributed by atoms with van der Waals surface area (Å²) >= 11 is 6.14. The quantitative estimate of drug-likeness (QED) is 0.675. The van der Waals surface area contributed by atoms with Crippen LogP contribution in [0.2, 0.25) is 5.02 Å². The first-order valence-electron chi connectivity index (χ1n) is 9.51. The van der Waals surface area contributed by atoms with E-state index in [1.165, 1.54) is 17.1 Å². The van der Waals surface area contributed by atoms with Gasteiger partial charge < -0.3 is 9.26 Å². The molecule has 0 amide bonds. The van der Waals surface area contributed by atoms with E-state index in [2.05, 4.69) is 10.1 Å². The largest absolute Gasteiger partial charge is 0.375 e. The lowest BCUT2D eigenvalue weighted by molar-refractivity contribution is 0.151. The Morgan fingerprint density at radius 1 is 1.29 bits per heavy atom. The third-order valence-corrected chi connectivity index (χ3v) is 8.12. The van der Waals surface area contributed by atoms with Crippen molar-refractivity contribution in [2.24, 2.45) is 5.92 Å². The Morgan fingerprint density at radius 2 is 2.00 bits per heavy atom. The molecular weight excluding hydrogens is 402 g/mol. The molecule has 28 heavy (non-hydrogen) atoms. The number of piperidine rings is 1. The summed E-state index contributed by atoms with van der Waals surface area (Å²) in [4.78, 5) is 4.70. The first-order chi connectivity index (χ1) is 13.4. The molecule has 2 fully saturated rings. The van der Waals surface area contributed by atoms with Crippen LogP contribution in [0.25, 0.3) is 0 Å². The fourth-order valence-electron chi connectivity index (χ4n) is 3.99. The van der Waals surface area contributed by atoms with Gasteiger partial charge in [0.25, 0.3) is 5.89 Å². The number of halogens is 1. The van der Waals surface area contributed by atoms with E-state index >= 15 is 0 Å². The molecule has 0 spiro atoms. The molecule has 1 aliphatic carbocycles. The second-order valence-corrected chi connectivity index (χ2v) is 10.0. The van der Waals surface area contributed by atoms with Crippen molar-refractivity contribution >= 4 is 21.6 Å². The summed E-state index contributed by atoms with van der Waals surface area (Å²) in [5, 5.41) is 4.47. The van der Waals surface area contributed by atoms with Gasteiger partial charge in [0, 0.05) is 25.6 Å². The zero-order chi connectivity index (χ0) is 19.8. The Kier molecular flexibility index (Phi) is 5.48. The Balaban J connectivity index is 1.56. The van der Waals surface area contributed by atoms with Crippen LogP contribution >= 0.6 is 11.6 Å². The number of hydrogen-bond donors (Lipinski definition) is 0. The summed E-state index contributed by atoms with van der Waals surface area (Å²) in [6.45, 7) is 1.10. The molecule has 1 aromatic carbocycles. The van der Waals surface area contributed by atoms with Gasteiger partial charge in [-0.05, 0) is 37.3 Å². The molecule has 4 rings (SSSR count). The average Bonchev–Trinajstić information content (AvgIpc) is 3.36. The van der Waals surface area contributed by atoms with E-state index in [-0.39, 0.29) is 21.9 Å². The molecule has 7 nitrogen and oxygen atoms in total. The molecule has 2 aromatic rings. The summed E-state index contributed by atoms with van der Waals surface area (Å²) in [6, 6.07) is 6.58. The lowest BCUT2D eigenvalue weighted by atomic mass is 9.74. The van der Waals surface area contributed by atoms with E-state index in [0.717, 1.165) is 6.42 Å². The highest BCUT2D eigenvalue weighted by Gasteiger charge is 2.46. The molecule has 152 valence electrons. The number of methoxy groups -OCH3 is 1. The SMILES string of the molecule is COCc1nc(C2(CC3CC3)CCN(S(=O)(=O)c3ccccc3Cl)CC2)no1. The van der Waals surface area contributed by atoms with Crippen LogP contribution in [0, 0.1) is 5.92 Å². The van der Waals surface area contributed by atoms with Gasteiger partial charge in [-0.25, -0.2) is 8.42 Å². The van der Waals surface area contributed by atoms with Gasteiger partial charge in [0.2, 0.25) is 10.0 Å². The van der Waals surface area contributed by atoms with Crippen LogP contribution in [0.3, 0.4) is 0 Å². The van der Waals surface area contributed by atoms with E-state index < -0.39 is 10.0 Å². The lowest BCUT2D eigenvalue weighted by Gasteiger charge is -2.39. The third kappa shape index (κ3) is 3.83. The van der Waals surface area contributed by atoms with Crippen molar-refractivity contribution in [3.8, 4) is 0 Å². The van der Waals surface area contributed by atoms with Crippen LogP contribution in [0.4, 0.5) is 0 Å². The maximum absolute atomic E-state index is 13.1. The molecule has 0 N–H and O–H groups in total. The first-order valence-corrected chi connectivity index (χ1v) is 11.3. The fraction of sp³-hybridized carbons (Fsp3) is 0.579. The van der Waals surface area contributed by atoms with E-state index in [1.807, 2.05) is 0 Å². The topological polar surface area (TPSA) is 85.5 Å². The van der Waals surface area contributed by atoms with Gasteiger partial charge in [-0.15, -0.1) is 0 Å². The van der Waals surface area contributed by atoms with Crippen molar-refractivity contribution in [2.75, 3.05) is 20.2 Å². The molecule has 9 heteroatoms.